The number of allylic oxidation sites excluding steroid dienone is 1. The molecule has 162 valence electrons. The van der Waals surface area contributed by atoms with Gasteiger partial charge < -0.3 is 5.11 Å². The number of aliphatic hydroxyl groups excluding tert-OH is 1. The first-order valence-corrected chi connectivity index (χ1v) is 10.9. The van der Waals surface area contributed by atoms with Crippen molar-refractivity contribution < 1.29 is 5.11 Å². The van der Waals surface area contributed by atoms with Gasteiger partial charge in [0.05, 0.1) is 13.2 Å². The Kier molecular flexibility index (Phi) is 7.14. The summed E-state index contributed by atoms with van der Waals surface area (Å²) in [5.74, 6) is 0.433. The van der Waals surface area contributed by atoms with Gasteiger partial charge in [-0.1, -0.05) is 48.5 Å². The van der Waals surface area contributed by atoms with E-state index in [0.717, 1.165) is 20.9 Å². The lowest BCUT2D eigenvalue weighted by Crippen LogP contribution is -2.36. The van der Waals surface area contributed by atoms with Crippen LogP contribution in [0.15, 0.2) is 69.7 Å². The Hall–Kier alpha value is -3.10. The fourth-order valence-electron chi connectivity index (χ4n) is 3.41. The van der Waals surface area contributed by atoms with Gasteiger partial charge in [0.15, 0.2) is 5.65 Å². The lowest BCUT2D eigenvalue weighted by molar-refractivity contribution is 0.322. The lowest BCUT2D eigenvalue weighted by atomic mass is 10.0. The summed E-state index contributed by atoms with van der Waals surface area (Å²) < 4.78 is 4.24. The van der Waals surface area contributed by atoms with Gasteiger partial charge in [0.2, 0.25) is 0 Å². The molecule has 2 aromatic heterocycles. The molecule has 8 heteroatoms. The Morgan fingerprint density at radius 3 is 2.48 bits per heavy atom. The van der Waals surface area contributed by atoms with E-state index >= 15 is 0 Å². The first-order valence-electron chi connectivity index (χ1n) is 9.88. The first-order chi connectivity index (χ1) is 14.9. The molecular weight excluding hydrogens is 412 g/mol. The molecule has 31 heavy (non-hydrogen) atoms. The summed E-state index contributed by atoms with van der Waals surface area (Å²) in [6, 6.07) is 14.2. The average molecular weight is 439 g/mol. The Bertz CT molecular complexity index is 1350. The predicted molar refractivity (Wildman–Crippen MR) is 127 cm³/mol. The molecule has 4 rings (SSSR count). The van der Waals surface area contributed by atoms with Crippen molar-refractivity contribution in [2.75, 3.05) is 12.4 Å². The smallest absolute Gasteiger partial charge is 0.332 e. The zero-order valence-electron chi connectivity index (χ0n) is 17.9. The van der Waals surface area contributed by atoms with Crippen LogP contribution in [0.25, 0.3) is 21.8 Å². The Morgan fingerprint density at radius 1 is 1.10 bits per heavy atom. The Balaban J connectivity index is 0.000000858. The van der Waals surface area contributed by atoms with Crippen LogP contribution in [0.1, 0.15) is 12.5 Å². The number of benzene rings is 2. The van der Waals surface area contributed by atoms with Gasteiger partial charge in [-0.15, -0.1) is 18.3 Å². The summed E-state index contributed by atoms with van der Waals surface area (Å²) in [5, 5.41) is 17.2. The minimum absolute atomic E-state index is 0.0162. The molecule has 2 heterocycles. The van der Waals surface area contributed by atoms with Crippen LogP contribution in [0, 0.1) is 0 Å². The van der Waals surface area contributed by atoms with Crippen LogP contribution < -0.4 is 11.2 Å². The molecule has 7 nitrogen and oxygen atoms in total. The van der Waals surface area contributed by atoms with Crippen LogP contribution in [-0.4, -0.2) is 36.4 Å². The van der Waals surface area contributed by atoms with Crippen LogP contribution in [-0.2, 0) is 20.6 Å². The van der Waals surface area contributed by atoms with Crippen LogP contribution in [0.5, 0.6) is 0 Å². The van der Waals surface area contributed by atoms with Crippen LogP contribution in [0.2, 0.25) is 0 Å². The fraction of sp³-hybridized carbons (Fsp3) is 0.261. The minimum Gasteiger partial charge on any atom is -0.396 e. The summed E-state index contributed by atoms with van der Waals surface area (Å²) in [6.07, 6.45) is 1.75. The van der Waals surface area contributed by atoms with E-state index in [1.54, 1.807) is 17.8 Å². The molecule has 0 aliphatic carbocycles. The Labute approximate surface area is 184 Å². The van der Waals surface area contributed by atoms with E-state index in [1.165, 1.54) is 23.4 Å². The highest BCUT2D eigenvalue weighted by Gasteiger charge is 2.20. The highest BCUT2D eigenvalue weighted by Crippen LogP contribution is 2.27. The number of hydrogen-bond donors (Lipinski definition) is 1. The third-order valence-corrected chi connectivity index (χ3v) is 5.90. The molecule has 1 N–H and O–H groups in total. The highest BCUT2D eigenvalue weighted by molar-refractivity contribution is 7.99. The third-order valence-electron chi connectivity index (χ3n) is 4.83. The van der Waals surface area contributed by atoms with Gasteiger partial charge in [-0.05, 0) is 23.3 Å². The van der Waals surface area contributed by atoms with Gasteiger partial charge in [0.25, 0.3) is 5.56 Å². The van der Waals surface area contributed by atoms with Gasteiger partial charge in [-0.3, -0.25) is 18.6 Å². The van der Waals surface area contributed by atoms with Crippen molar-refractivity contribution in [3.05, 3.63) is 81.5 Å². The molecule has 0 atom stereocenters. The van der Waals surface area contributed by atoms with Gasteiger partial charge in [0.1, 0.15) is 10.4 Å². The van der Waals surface area contributed by atoms with Crippen molar-refractivity contribution >= 4 is 33.6 Å². The second kappa shape index (κ2) is 9.80. The van der Waals surface area contributed by atoms with E-state index < -0.39 is 5.69 Å². The quantitative estimate of drug-likeness (QED) is 0.383. The SMILES string of the molecule is C=CC.Cn1c(=O)c2c(SCCO)n(Cc3cccc4ccccc34)nc2n(C)c1=O. The van der Waals surface area contributed by atoms with Gasteiger partial charge in [-0.2, -0.15) is 5.10 Å². The standard InChI is InChI=1S/C20H20N4O3S.C3H6/c1-22-17-16(18(26)23(2)20(22)27)19(28-11-10-25)24(21-17)12-14-8-5-7-13-6-3-4-9-15(13)14;1-3-2/h3-9,25H,10-12H2,1-2H3;3H,1H2,2H3. The molecule has 0 bridgehead atoms. The molecule has 4 aromatic rings. The third kappa shape index (κ3) is 4.35. The van der Waals surface area contributed by atoms with E-state index in [4.69, 9.17) is 0 Å². The second-order valence-corrected chi connectivity index (χ2v) is 8.07. The number of rotatable bonds is 5. The molecule has 0 radical (unpaired) electrons. The van der Waals surface area contributed by atoms with E-state index in [9.17, 15) is 14.7 Å². The molecule has 0 aliphatic heterocycles. The molecular formula is C23H26N4O3S. The summed E-state index contributed by atoms with van der Waals surface area (Å²) in [5.41, 5.74) is 0.640. The zero-order valence-corrected chi connectivity index (χ0v) is 18.7. The van der Waals surface area contributed by atoms with Crippen molar-refractivity contribution in [3.8, 4) is 0 Å². The second-order valence-electron chi connectivity index (χ2n) is 6.99. The van der Waals surface area contributed by atoms with Crippen molar-refractivity contribution in [2.45, 2.75) is 18.5 Å². The largest absolute Gasteiger partial charge is 0.396 e. The van der Waals surface area contributed by atoms with Gasteiger partial charge in [-0.25, -0.2) is 4.79 Å². The monoisotopic (exact) mass is 438 g/mol. The number of aliphatic hydroxyl groups is 1. The fourth-order valence-corrected chi connectivity index (χ4v) is 4.28. The maximum atomic E-state index is 12.8. The lowest BCUT2D eigenvalue weighted by Gasteiger charge is -2.09. The summed E-state index contributed by atoms with van der Waals surface area (Å²) in [7, 11) is 3.08. The number of aryl methyl sites for hydroxylation is 1. The van der Waals surface area contributed by atoms with Crippen molar-refractivity contribution in [1.82, 2.24) is 18.9 Å². The number of thioether (sulfide) groups is 1. The summed E-state index contributed by atoms with van der Waals surface area (Å²) >= 11 is 1.37. The normalized spacial score (nSPS) is 10.8. The Morgan fingerprint density at radius 2 is 1.77 bits per heavy atom. The van der Waals surface area contributed by atoms with Crippen LogP contribution in [0.4, 0.5) is 0 Å². The van der Waals surface area contributed by atoms with Crippen molar-refractivity contribution in [3.63, 3.8) is 0 Å². The summed E-state index contributed by atoms with van der Waals surface area (Å²) in [4.78, 5) is 25.1. The van der Waals surface area contributed by atoms with E-state index in [1.807, 2.05) is 31.2 Å². The molecule has 0 fully saturated rings. The number of aromatic nitrogens is 4. The van der Waals surface area contributed by atoms with Crippen LogP contribution >= 0.6 is 11.8 Å². The number of fused-ring (bicyclic) bond motifs is 2. The van der Waals surface area contributed by atoms with Crippen molar-refractivity contribution in [2.24, 2.45) is 14.1 Å². The predicted octanol–water partition coefficient (Wildman–Crippen LogP) is 2.91. The van der Waals surface area contributed by atoms with Crippen molar-refractivity contribution in [1.29, 1.82) is 0 Å². The van der Waals surface area contributed by atoms with Gasteiger partial charge in [0, 0.05) is 19.8 Å². The zero-order chi connectivity index (χ0) is 22.5. The molecule has 0 spiro atoms. The van der Waals surface area contributed by atoms with Crippen LogP contribution in [0.3, 0.4) is 0 Å². The van der Waals surface area contributed by atoms with E-state index in [-0.39, 0.29) is 12.2 Å². The molecule has 2 aromatic carbocycles. The first kappa shape index (κ1) is 22.6. The molecule has 0 saturated heterocycles. The highest BCUT2D eigenvalue weighted by atomic mass is 32.2. The average Bonchev–Trinajstić information content (AvgIpc) is 3.13. The maximum Gasteiger partial charge on any atom is 0.332 e. The number of hydrogen-bond acceptors (Lipinski definition) is 5. The number of nitrogens with zero attached hydrogens (tertiary/aromatic N) is 4. The maximum absolute atomic E-state index is 12.8. The summed E-state index contributed by atoms with van der Waals surface area (Å²) in [6.45, 7) is 5.69. The molecule has 0 saturated carbocycles. The topological polar surface area (TPSA) is 82.1 Å². The molecule has 0 amide bonds. The molecule has 0 aliphatic rings. The van der Waals surface area contributed by atoms with E-state index in [0.29, 0.717) is 28.4 Å². The van der Waals surface area contributed by atoms with Gasteiger partial charge >= 0.3 is 5.69 Å². The molecule has 0 unspecified atom stereocenters. The van der Waals surface area contributed by atoms with E-state index in [2.05, 4.69) is 29.9 Å². The minimum atomic E-state index is -0.411.